The molecule has 18 heavy (non-hydrogen) atoms. The van der Waals surface area contributed by atoms with Crippen molar-refractivity contribution >= 4 is 11.6 Å². The highest BCUT2D eigenvalue weighted by molar-refractivity contribution is 5.95. The second kappa shape index (κ2) is 5.85. The Bertz CT molecular complexity index is 432. The van der Waals surface area contributed by atoms with Crippen LogP contribution in [0.1, 0.15) is 37.6 Å². The van der Waals surface area contributed by atoms with Crippen molar-refractivity contribution in [3.8, 4) is 0 Å². The minimum absolute atomic E-state index is 0.00534. The van der Waals surface area contributed by atoms with Gasteiger partial charge < -0.3 is 10.6 Å². The van der Waals surface area contributed by atoms with Crippen LogP contribution in [0.5, 0.6) is 0 Å². The number of amides is 1. The zero-order chi connectivity index (χ0) is 13.9. The molecule has 0 spiro atoms. The number of rotatable bonds is 4. The number of halogens is 1. The van der Waals surface area contributed by atoms with E-state index in [1.807, 2.05) is 6.92 Å². The molecule has 0 saturated carbocycles. The molecule has 1 unspecified atom stereocenters. The first kappa shape index (κ1) is 14.5. The first-order valence-electron chi connectivity index (χ1n) is 6.15. The first-order chi connectivity index (χ1) is 8.32. The van der Waals surface area contributed by atoms with Crippen LogP contribution in [0.15, 0.2) is 18.2 Å². The van der Waals surface area contributed by atoms with Gasteiger partial charge >= 0.3 is 0 Å². The molecular weight excluding hydrogens is 231 g/mol. The summed E-state index contributed by atoms with van der Waals surface area (Å²) in [5, 5.41) is 0. The second-order valence-electron chi connectivity index (χ2n) is 5.13. The lowest BCUT2D eigenvalue weighted by atomic mass is 10.0. The number of nitrogen functional groups attached to an aromatic ring is 1. The summed E-state index contributed by atoms with van der Waals surface area (Å²) in [5.41, 5.74) is 5.90. The molecule has 0 radical (unpaired) electrons. The quantitative estimate of drug-likeness (QED) is 0.837. The zero-order valence-electron chi connectivity index (χ0n) is 11.4. The lowest BCUT2D eigenvalue weighted by molar-refractivity contribution is 0.0728. The molecule has 0 aromatic heterocycles. The maximum atomic E-state index is 13.0. The van der Waals surface area contributed by atoms with Crippen LogP contribution in [0.3, 0.4) is 0 Å². The van der Waals surface area contributed by atoms with E-state index in [1.54, 1.807) is 11.9 Å². The van der Waals surface area contributed by atoms with Crippen molar-refractivity contribution in [2.75, 3.05) is 12.8 Å². The van der Waals surface area contributed by atoms with E-state index in [9.17, 15) is 9.18 Å². The van der Waals surface area contributed by atoms with Crippen LogP contribution in [0.2, 0.25) is 0 Å². The fraction of sp³-hybridized carbons (Fsp3) is 0.500. The van der Waals surface area contributed by atoms with E-state index in [2.05, 4.69) is 13.8 Å². The maximum absolute atomic E-state index is 13.0. The molecule has 0 fully saturated rings. The fourth-order valence-corrected chi connectivity index (χ4v) is 1.92. The molecule has 0 heterocycles. The molecule has 1 rings (SSSR count). The average molecular weight is 252 g/mol. The summed E-state index contributed by atoms with van der Waals surface area (Å²) in [6.45, 7) is 6.24. The van der Waals surface area contributed by atoms with Gasteiger partial charge in [-0.25, -0.2) is 4.39 Å². The molecule has 0 aliphatic carbocycles. The van der Waals surface area contributed by atoms with Gasteiger partial charge in [0.1, 0.15) is 5.82 Å². The van der Waals surface area contributed by atoms with Crippen molar-refractivity contribution in [1.82, 2.24) is 4.90 Å². The molecule has 0 saturated heterocycles. The molecule has 4 heteroatoms. The Morgan fingerprint density at radius 3 is 2.50 bits per heavy atom. The minimum Gasteiger partial charge on any atom is -0.396 e. The molecule has 2 N–H and O–H groups in total. The third-order valence-corrected chi connectivity index (χ3v) is 3.04. The summed E-state index contributed by atoms with van der Waals surface area (Å²) >= 11 is 0. The van der Waals surface area contributed by atoms with Gasteiger partial charge in [-0.05, 0) is 37.5 Å². The largest absolute Gasteiger partial charge is 0.396 e. The number of nitrogens with zero attached hydrogens (tertiary/aromatic N) is 1. The predicted molar refractivity (Wildman–Crippen MR) is 71.8 cm³/mol. The summed E-state index contributed by atoms with van der Waals surface area (Å²) in [6.07, 6.45) is 0.929. The Labute approximate surface area is 108 Å². The minimum atomic E-state index is -0.496. The normalized spacial score (nSPS) is 12.6. The molecule has 0 aliphatic rings. The van der Waals surface area contributed by atoms with Crippen molar-refractivity contribution in [1.29, 1.82) is 0 Å². The Morgan fingerprint density at radius 2 is 2.00 bits per heavy atom. The van der Waals surface area contributed by atoms with E-state index in [0.717, 1.165) is 6.42 Å². The zero-order valence-corrected chi connectivity index (χ0v) is 11.4. The van der Waals surface area contributed by atoms with Gasteiger partial charge in [0.05, 0.1) is 5.69 Å². The number of anilines is 1. The van der Waals surface area contributed by atoms with Crippen LogP contribution in [-0.2, 0) is 0 Å². The molecule has 1 atom stereocenters. The second-order valence-corrected chi connectivity index (χ2v) is 5.13. The van der Waals surface area contributed by atoms with Crippen LogP contribution in [0.25, 0.3) is 0 Å². The molecule has 1 amide bonds. The highest BCUT2D eigenvalue weighted by Gasteiger charge is 2.18. The molecule has 0 bridgehead atoms. The summed E-state index contributed by atoms with van der Waals surface area (Å²) in [4.78, 5) is 13.9. The van der Waals surface area contributed by atoms with Gasteiger partial charge in [-0.15, -0.1) is 0 Å². The molecular formula is C14H21FN2O. The van der Waals surface area contributed by atoms with Crippen molar-refractivity contribution in [3.63, 3.8) is 0 Å². The summed E-state index contributed by atoms with van der Waals surface area (Å²) in [7, 11) is 1.76. The predicted octanol–water partition coefficient (Wildman–Crippen LogP) is 2.91. The number of carbonyl (C=O) groups is 1. The van der Waals surface area contributed by atoms with Crippen LogP contribution in [0.4, 0.5) is 10.1 Å². The Kier molecular flexibility index (Phi) is 4.70. The Balaban J connectivity index is 2.82. The molecule has 0 aliphatic heterocycles. The van der Waals surface area contributed by atoms with Gasteiger partial charge in [0.25, 0.3) is 5.91 Å². The fourth-order valence-electron chi connectivity index (χ4n) is 1.92. The molecule has 1 aromatic carbocycles. The number of benzene rings is 1. The Hall–Kier alpha value is -1.58. The first-order valence-corrected chi connectivity index (χ1v) is 6.15. The number of hydrogen-bond donors (Lipinski definition) is 1. The van der Waals surface area contributed by atoms with Crippen LogP contribution < -0.4 is 5.73 Å². The van der Waals surface area contributed by atoms with Crippen LogP contribution >= 0.6 is 0 Å². The van der Waals surface area contributed by atoms with E-state index in [-0.39, 0.29) is 17.6 Å². The Morgan fingerprint density at radius 1 is 1.39 bits per heavy atom. The van der Waals surface area contributed by atoms with Gasteiger partial charge in [0.2, 0.25) is 0 Å². The van der Waals surface area contributed by atoms with E-state index >= 15 is 0 Å². The van der Waals surface area contributed by atoms with Crippen molar-refractivity contribution in [2.24, 2.45) is 5.92 Å². The third kappa shape index (κ3) is 3.45. The standard InChI is InChI=1S/C14H21FN2O/c1-9(2)7-10(3)17(4)14(18)11-5-6-12(15)13(16)8-11/h5-6,8-10H,7,16H2,1-4H3. The summed E-state index contributed by atoms with van der Waals surface area (Å²) in [6, 6.07) is 4.22. The lowest BCUT2D eigenvalue weighted by Gasteiger charge is -2.26. The average Bonchev–Trinajstić information content (AvgIpc) is 2.30. The molecule has 3 nitrogen and oxygen atoms in total. The van der Waals surface area contributed by atoms with Gasteiger partial charge in [-0.3, -0.25) is 4.79 Å². The van der Waals surface area contributed by atoms with Crippen LogP contribution in [-0.4, -0.2) is 23.9 Å². The highest BCUT2D eigenvalue weighted by atomic mass is 19.1. The van der Waals surface area contributed by atoms with Gasteiger partial charge in [0, 0.05) is 18.7 Å². The highest BCUT2D eigenvalue weighted by Crippen LogP contribution is 2.16. The van der Waals surface area contributed by atoms with Crippen LogP contribution in [0, 0.1) is 11.7 Å². The van der Waals surface area contributed by atoms with Gasteiger partial charge in [-0.2, -0.15) is 0 Å². The number of nitrogens with two attached hydrogens (primary N) is 1. The van der Waals surface area contributed by atoms with E-state index in [1.165, 1.54) is 18.2 Å². The van der Waals surface area contributed by atoms with Gasteiger partial charge in [-0.1, -0.05) is 13.8 Å². The smallest absolute Gasteiger partial charge is 0.253 e. The number of carbonyl (C=O) groups excluding carboxylic acids is 1. The van der Waals surface area contributed by atoms with Crippen molar-refractivity contribution in [3.05, 3.63) is 29.6 Å². The summed E-state index contributed by atoms with van der Waals surface area (Å²) in [5.74, 6) is -0.104. The topological polar surface area (TPSA) is 46.3 Å². The third-order valence-electron chi connectivity index (χ3n) is 3.04. The van der Waals surface area contributed by atoms with E-state index < -0.39 is 5.82 Å². The molecule has 1 aromatic rings. The monoisotopic (exact) mass is 252 g/mol. The van der Waals surface area contributed by atoms with E-state index in [0.29, 0.717) is 11.5 Å². The van der Waals surface area contributed by atoms with E-state index in [4.69, 9.17) is 5.73 Å². The lowest BCUT2D eigenvalue weighted by Crippen LogP contribution is -2.35. The molecule has 100 valence electrons. The van der Waals surface area contributed by atoms with Crippen molar-refractivity contribution < 1.29 is 9.18 Å². The maximum Gasteiger partial charge on any atom is 0.253 e. The van der Waals surface area contributed by atoms with Gasteiger partial charge in [0.15, 0.2) is 0 Å². The SMILES string of the molecule is CC(C)CC(C)N(C)C(=O)c1ccc(F)c(N)c1. The number of hydrogen-bond acceptors (Lipinski definition) is 2. The van der Waals surface area contributed by atoms with Crippen molar-refractivity contribution in [2.45, 2.75) is 33.2 Å². The summed E-state index contributed by atoms with van der Waals surface area (Å²) < 4.78 is 13.0.